The molecule has 0 unspecified atom stereocenters. The van der Waals surface area contributed by atoms with E-state index in [0.717, 1.165) is 72.7 Å². The minimum absolute atomic E-state index is 0.858. The van der Waals surface area contributed by atoms with Crippen LogP contribution in [0.25, 0.3) is 127 Å². The highest BCUT2D eigenvalue weighted by molar-refractivity contribution is 6.15. The SMILES string of the molecule is c1cc2c(c(-c3ccc(-n4c5ccccc5c5cc(-c6ccc7c(c6)c6ccccc6n7-c6ccc7c(c6)oc6ccccc67)ccc54)cc3)c1)-n1c3ccccc3c3cccc(c31)O2. The standard InChI is InChI=1S/C60H35N3O2/c1-7-19-52-42(11-1)47-16-10-22-57-60(47)63(52)59-41(15-9-21-56(59)65-57)36-23-27-39(28-24-36)61-50-17-5-2-12-43(50)48-33-37(25-31-53(48)61)38-26-32-54-49(34-38)44-13-3-6-18-51(44)62(54)40-29-30-46-45-14-4-8-20-55(45)64-58(46)35-40/h1-35H. The van der Waals surface area contributed by atoms with E-state index in [-0.39, 0.29) is 0 Å². The first-order chi connectivity index (χ1) is 32.2. The molecule has 0 fully saturated rings. The van der Waals surface area contributed by atoms with E-state index in [0.29, 0.717) is 0 Å². The third-order valence-electron chi connectivity index (χ3n) is 13.8. The van der Waals surface area contributed by atoms with Crippen molar-refractivity contribution in [3.63, 3.8) is 0 Å². The summed E-state index contributed by atoms with van der Waals surface area (Å²) in [7, 11) is 0. The van der Waals surface area contributed by atoms with Gasteiger partial charge in [0.1, 0.15) is 11.2 Å². The van der Waals surface area contributed by atoms with Crippen molar-refractivity contribution in [2.75, 3.05) is 0 Å². The Morgan fingerprint density at radius 2 is 0.800 bits per heavy atom. The predicted octanol–water partition coefficient (Wildman–Crippen LogP) is 16.3. The van der Waals surface area contributed by atoms with E-state index >= 15 is 0 Å². The summed E-state index contributed by atoms with van der Waals surface area (Å²) < 4.78 is 20.1. The molecule has 5 heteroatoms. The van der Waals surface area contributed by atoms with Gasteiger partial charge in [-0.3, -0.25) is 0 Å². The minimum atomic E-state index is 0.858. The number of hydrogen-bond acceptors (Lipinski definition) is 2. The van der Waals surface area contributed by atoms with Crippen molar-refractivity contribution in [3.8, 4) is 50.8 Å². The van der Waals surface area contributed by atoms with E-state index in [1.165, 1.54) is 65.5 Å². The minimum Gasteiger partial charge on any atom is -0.456 e. The molecule has 1 aliphatic heterocycles. The van der Waals surface area contributed by atoms with Gasteiger partial charge in [0.2, 0.25) is 0 Å². The highest BCUT2D eigenvalue weighted by Gasteiger charge is 2.26. The van der Waals surface area contributed by atoms with Crippen molar-refractivity contribution in [1.82, 2.24) is 13.7 Å². The molecule has 14 aromatic rings. The number of aromatic nitrogens is 3. The number of rotatable bonds is 4. The Hall–Kier alpha value is -8.80. The van der Waals surface area contributed by atoms with E-state index in [9.17, 15) is 0 Å². The van der Waals surface area contributed by atoms with Gasteiger partial charge in [0.05, 0.1) is 38.8 Å². The van der Waals surface area contributed by atoms with Crippen LogP contribution in [0.3, 0.4) is 0 Å². The van der Waals surface area contributed by atoms with Crippen LogP contribution in [0, 0.1) is 0 Å². The molecule has 302 valence electrons. The summed E-state index contributed by atoms with van der Waals surface area (Å²) in [5.41, 5.74) is 16.7. The first-order valence-electron chi connectivity index (χ1n) is 22.2. The lowest BCUT2D eigenvalue weighted by Gasteiger charge is -2.23. The molecule has 0 bridgehead atoms. The first kappa shape index (κ1) is 34.7. The normalized spacial score (nSPS) is 12.4. The lowest BCUT2D eigenvalue weighted by atomic mass is 10.0. The van der Waals surface area contributed by atoms with Gasteiger partial charge in [-0.1, -0.05) is 121 Å². The fraction of sp³-hybridized carbons (Fsp3) is 0. The molecular weight excluding hydrogens is 795 g/mol. The highest BCUT2D eigenvalue weighted by atomic mass is 16.5. The zero-order valence-electron chi connectivity index (χ0n) is 34.9. The molecule has 4 aromatic heterocycles. The molecule has 0 aliphatic carbocycles. The molecule has 0 atom stereocenters. The quantitative estimate of drug-likeness (QED) is 0.177. The van der Waals surface area contributed by atoms with Crippen LogP contribution in [0.4, 0.5) is 0 Å². The van der Waals surface area contributed by atoms with Gasteiger partial charge in [-0.05, 0) is 102 Å². The zero-order chi connectivity index (χ0) is 42.3. The van der Waals surface area contributed by atoms with Crippen molar-refractivity contribution >= 4 is 87.4 Å². The van der Waals surface area contributed by atoms with Crippen LogP contribution in [0.15, 0.2) is 217 Å². The van der Waals surface area contributed by atoms with E-state index in [1.54, 1.807) is 0 Å². The Balaban J connectivity index is 0.838. The summed E-state index contributed by atoms with van der Waals surface area (Å²) in [4.78, 5) is 0. The predicted molar refractivity (Wildman–Crippen MR) is 268 cm³/mol. The lowest BCUT2D eigenvalue weighted by Crippen LogP contribution is -2.06. The molecule has 5 nitrogen and oxygen atoms in total. The van der Waals surface area contributed by atoms with Gasteiger partial charge in [0.25, 0.3) is 0 Å². The summed E-state index contributed by atoms with van der Waals surface area (Å²) in [6.07, 6.45) is 0. The van der Waals surface area contributed by atoms with Crippen LogP contribution in [-0.2, 0) is 0 Å². The summed E-state index contributed by atoms with van der Waals surface area (Å²) in [6, 6.07) is 76.6. The van der Waals surface area contributed by atoms with Gasteiger partial charge in [-0.2, -0.15) is 0 Å². The lowest BCUT2D eigenvalue weighted by molar-refractivity contribution is 0.477. The Morgan fingerprint density at radius 1 is 0.292 bits per heavy atom. The van der Waals surface area contributed by atoms with Crippen LogP contribution in [0.2, 0.25) is 0 Å². The van der Waals surface area contributed by atoms with Gasteiger partial charge in [0, 0.05) is 66.1 Å². The van der Waals surface area contributed by atoms with Crippen molar-refractivity contribution in [3.05, 3.63) is 212 Å². The third kappa shape index (κ3) is 4.81. The zero-order valence-corrected chi connectivity index (χ0v) is 34.9. The third-order valence-corrected chi connectivity index (χ3v) is 13.8. The molecule has 0 saturated carbocycles. The average molecular weight is 830 g/mol. The summed E-state index contributed by atoms with van der Waals surface area (Å²) in [5.74, 6) is 1.74. The Bertz CT molecular complexity index is 4330. The second-order valence-corrected chi connectivity index (χ2v) is 17.3. The molecule has 10 aromatic carbocycles. The van der Waals surface area contributed by atoms with Gasteiger partial charge in [-0.15, -0.1) is 0 Å². The summed E-state index contributed by atoms with van der Waals surface area (Å²) in [5, 5.41) is 9.58. The summed E-state index contributed by atoms with van der Waals surface area (Å²) in [6.45, 7) is 0. The number of ether oxygens (including phenoxy) is 1. The molecule has 0 saturated heterocycles. The number of benzene rings is 10. The maximum atomic E-state index is 6.61. The second kappa shape index (κ2) is 12.9. The first-order valence-corrected chi connectivity index (χ1v) is 22.2. The van der Waals surface area contributed by atoms with E-state index < -0.39 is 0 Å². The van der Waals surface area contributed by atoms with Crippen molar-refractivity contribution < 1.29 is 9.15 Å². The Kier molecular flexibility index (Phi) is 6.89. The maximum Gasteiger partial charge on any atom is 0.152 e. The van der Waals surface area contributed by atoms with Gasteiger partial charge >= 0.3 is 0 Å². The van der Waals surface area contributed by atoms with Gasteiger partial charge < -0.3 is 22.9 Å². The van der Waals surface area contributed by atoms with E-state index in [2.05, 4.69) is 214 Å². The van der Waals surface area contributed by atoms with E-state index in [4.69, 9.17) is 9.15 Å². The van der Waals surface area contributed by atoms with Crippen LogP contribution >= 0.6 is 0 Å². The molecule has 0 N–H and O–H groups in total. The molecule has 1 aliphatic rings. The molecule has 0 amide bonds. The van der Waals surface area contributed by atoms with Crippen molar-refractivity contribution in [2.24, 2.45) is 0 Å². The summed E-state index contributed by atoms with van der Waals surface area (Å²) >= 11 is 0. The molecule has 5 heterocycles. The fourth-order valence-corrected chi connectivity index (χ4v) is 11.0. The number of fused-ring (bicyclic) bond motifs is 14. The molecule has 65 heavy (non-hydrogen) atoms. The van der Waals surface area contributed by atoms with Crippen LogP contribution in [0.5, 0.6) is 11.5 Å². The average Bonchev–Trinajstić information content (AvgIpc) is 4.10. The molecular formula is C60H35N3O2. The molecule has 0 radical (unpaired) electrons. The second-order valence-electron chi connectivity index (χ2n) is 17.3. The maximum absolute atomic E-state index is 6.61. The molecule has 0 spiro atoms. The van der Waals surface area contributed by atoms with Gasteiger partial charge in [-0.25, -0.2) is 0 Å². The smallest absolute Gasteiger partial charge is 0.152 e. The molecule has 15 rings (SSSR count). The topological polar surface area (TPSA) is 37.2 Å². The van der Waals surface area contributed by atoms with Crippen LogP contribution in [-0.4, -0.2) is 13.7 Å². The van der Waals surface area contributed by atoms with E-state index in [1.807, 2.05) is 12.1 Å². The monoisotopic (exact) mass is 829 g/mol. The van der Waals surface area contributed by atoms with Gasteiger partial charge in [0.15, 0.2) is 11.5 Å². The largest absolute Gasteiger partial charge is 0.456 e. The fourth-order valence-electron chi connectivity index (χ4n) is 11.0. The van der Waals surface area contributed by atoms with Crippen LogP contribution < -0.4 is 4.74 Å². The Morgan fingerprint density at radius 3 is 1.51 bits per heavy atom. The van der Waals surface area contributed by atoms with Crippen molar-refractivity contribution in [2.45, 2.75) is 0 Å². The van der Waals surface area contributed by atoms with Crippen molar-refractivity contribution in [1.29, 1.82) is 0 Å². The Labute approximate surface area is 371 Å². The van der Waals surface area contributed by atoms with Crippen LogP contribution in [0.1, 0.15) is 0 Å². The number of furan rings is 1. The number of nitrogens with zero attached hydrogens (tertiary/aromatic N) is 3. The highest BCUT2D eigenvalue weighted by Crippen LogP contribution is 2.49. The number of hydrogen-bond donors (Lipinski definition) is 0. The number of para-hydroxylation sites is 6.